The van der Waals surface area contributed by atoms with Gasteiger partial charge in [0.1, 0.15) is 18.0 Å². The molecule has 4 N–H and O–H groups in total. The Morgan fingerprint density at radius 3 is 2.84 bits per heavy atom. The van der Waals surface area contributed by atoms with Gasteiger partial charge < -0.3 is 10.7 Å². The quantitative estimate of drug-likeness (QED) is 0.391. The SMILES string of the molecule is CCc1c(NN)ncnc1NCCCn1cccn1. The zero-order chi connectivity index (χ0) is 13.5. The average Bonchev–Trinajstić information content (AvgIpc) is 2.96. The number of aryl methyl sites for hydroxylation is 1. The minimum Gasteiger partial charge on any atom is -0.370 e. The summed E-state index contributed by atoms with van der Waals surface area (Å²) in [5.41, 5.74) is 3.60. The third kappa shape index (κ3) is 3.41. The van der Waals surface area contributed by atoms with Crippen molar-refractivity contribution < 1.29 is 0 Å². The fourth-order valence-corrected chi connectivity index (χ4v) is 1.90. The number of anilines is 2. The second-order valence-electron chi connectivity index (χ2n) is 4.10. The van der Waals surface area contributed by atoms with Gasteiger partial charge in [-0.15, -0.1) is 0 Å². The molecular weight excluding hydrogens is 242 g/mol. The van der Waals surface area contributed by atoms with Gasteiger partial charge >= 0.3 is 0 Å². The molecule has 19 heavy (non-hydrogen) atoms. The summed E-state index contributed by atoms with van der Waals surface area (Å²) in [6.45, 7) is 3.76. The van der Waals surface area contributed by atoms with Crippen molar-refractivity contribution in [2.45, 2.75) is 26.3 Å². The Hall–Kier alpha value is -2.15. The predicted molar refractivity (Wildman–Crippen MR) is 74.6 cm³/mol. The van der Waals surface area contributed by atoms with E-state index in [9.17, 15) is 0 Å². The highest BCUT2D eigenvalue weighted by molar-refractivity contribution is 5.56. The molecule has 0 atom stereocenters. The van der Waals surface area contributed by atoms with Gasteiger partial charge in [0.15, 0.2) is 0 Å². The van der Waals surface area contributed by atoms with Crippen LogP contribution in [0.1, 0.15) is 18.9 Å². The van der Waals surface area contributed by atoms with Crippen molar-refractivity contribution in [3.63, 3.8) is 0 Å². The molecule has 0 aliphatic rings. The molecule has 7 heteroatoms. The summed E-state index contributed by atoms with van der Waals surface area (Å²) in [5, 5.41) is 7.47. The molecule has 2 heterocycles. The van der Waals surface area contributed by atoms with Crippen molar-refractivity contribution in [1.29, 1.82) is 0 Å². The monoisotopic (exact) mass is 261 g/mol. The van der Waals surface area contributed by atoms with Crippen LogP contribution < -0.4 is 16.6 Å². The number of hydrazine groups is 1. The lowest BCUT2D eigenvalue weighted by atomic mass is 10.2. The van der Waals surface area contributed by atoms with Crippen LogP contribution in [0.25, 0.3) is 0 Å². The molecular formula is C12H19N7. The van der Waals surface area contributed by atoms with Crippen LogP contribution in [0, 0.1) is 0 Å². The van der Waals surface area contributed by atoms with Crippen molar-refractivity contribution in [1.82, 2.24) is 19.7 Å². The summed E-state index contributed by atoms with van der Waals surface area (Å²) in [7, 11) is 0. The molecule has 0 radical (unpaired) electrons. The fraction of sp³-hybridized carbons (Fsp3) is 0.417. The highest BCUT2D eigenvalue weighted by Gasteiger charge is 2.07. The molecule has 0 amide bonds. The van der Waals surface area contributed by atoms with Crippen LogP contribution in [0.4, 0.5) is 11.6 Å². The second kappa shape index (κ2) is 6.69. The first-order valence-corrected chi connectivity index (χ1v) is 6.37. The van der Waals surface area contributed by atoms with Gasteiger partial charge in [0.05, 0.1) is 0 Å². The lowest BCUT2D eigenvalue weighted by Crippen LogP contribution is -2.15. The summed E-state index contributed by atoms with van der Waals surface area (Å²) in [4.78, 5) is 8.35. The van der Waals surface area contributed by atoms with E-state index in [1.165, 1.54) is 6.33 Å². The highest BCUT2D eigenvalue weighted by Crippen LogP contribution is 2.19. The Labute approximate surface area is 112 Å². The summed E-state index contributed by atoms with van der Waals surface area (Å²) >= 11 is 0. The number of hydrogen-bond donors (Lipinski definition) is 3. The van der Waals surface area contributed by atoms with Crippen molar-refractivity contribution in [3.05, 3.63) is 30.4 Å². The van der Waals surface area contributed by atoms with E-state index < -0.39 is 0 Å². The van der Waals surface area contributed by atoms with E-state index in [1.807, 2.05) is 16.9 Å². The van der Waals surface area contributed by atoms with Crippen LogP contribution in [0.5, 0.6) is 0 Å². The van der Waals surface area contributed by atoms with Gasteiger partial charge in [-0.25, -0.2) is 15.8 Å². The molecule has 0 saturated heterocycles. The first-order chi connectivity index (χ1) is 9.35. The average molecular weight is 261 g/mol. The maximum absolute atomic E-state index is 5.43. The van der Waals surface area contributed by atoms with Crippen molar-refractivity contribution in [2.24, 2.45) is 5.84 Å². The molecule has 0 fully saturated rings. The minimum atomic E-state index is 0.673. The normalized spacial score (nSPS) is 10.4. The number of nitrogens with one attached hydrogen (secondary N) is 2. The van der Waals surface area contributed by atoms with E-state index >= 15 is 0 Å². The Kier molecular flexibility index (Phi) is 4.68. The molecule has 0 bridgehead atoms. The third-order valence-corrected chi connectivity index (χ3v) is 2.85. The van der Waals surface area contributed by atoms with Crippen LogP contribution in [-0.2, 0) is 13.0 Å². The van der Waals surface area contributed by atoms with Crippen LogP contribution in [-0.4, -0.2) is 26.3 Å². The van der Waals surface area contributed by atoms with Gasteiger partial charge in [-0.2, -0.15) is 5.10 Å². The van der Waals surface area contributed by atoms with Crippen LogP contribution >= 0.6 is 0 Å². The third-order valence-electron chi connectivity index (χ3n) is 2.85. The van der Waals surface area contributed by atoms with Crippen LogP contribution in [0.15, 0.2) is 24.8 Å². The number of nitrogens with zero attached hydrogens (tertiary/aromatic N) is 4. The Morgan fingerprint density at radius 1 is 1.32 bits per heavy atom. The van der Waals surface area contributed by atoms with E-state index in [0.29, 0.717) is 5.82 Å². The predicted octanol–water partition coefficient (Wildman–Crippen LogP) is 1.02. The Balaban J connectivity index is 1.88. The molecule has 0 aliphatic heterocycles. The fourth-order valence-electron chi connectivity index (χ4n) is 1.90. The van der Waals surface area contributed by atoms with E-state index in [4.69, 9.17) is 5.84 Å². The molecule has 0 unspecified atom stereocenters. The second-order valence-corrected chi connectivity index (χ2v) is 4.10. The van der Waals surface area contributed by atoms with Gasteiger partial charge in [0.2, 0.25) is 0 Å². The maximum Gasteiger partial charge on any atom is 0.148 e. The van der Waals surface area contributed by atoms with E-state index in [1.54, 1.807) is 6.20 Å². The topological polar surface area (TPSA) is 93.7 Å². The molecule has 0 saturated carbocycles. The van der Waals surface area contributed by atoms with Crippen LogP contribution in [0.3, 0.4) is 0 Å². The molecule has 0 aromatic carbocycles. The van der Waals surface area contributed by atoms with Gasteiger partial charge in [-0.05, 0) is 18.9 Å². The molecule has 0 aliphatic carbocycles. The number of nitrogens with two attached hydrogens (primary N) is 1. The molecule has 102 valence electrons. The zero-order valence-corrected chi connectivity index (χ0v) is 11.0. The summed E-state index contributed by atoms with van der Waals surface area (Å²) in [6.07, 6.45) is 7.04. The van der Waals surface area contributed by atoms with Gasteiger partial charge in [0.25, 0.3) is 0 Å². The number of aromatic nitrogens is 4. The standard InChI is InChI=1S/C12H19N7/c1-2-10-11(15-9-16-12(10)18-13)14-5-3-7-19-8-4-6-17-19/h4,6,8-9H,2-3,5,7,13H2,1H3,(H2,14,15,16,18). The molecule has 7 nitrogen and oxygen atoms in total. The minimum absolute atomic E-state index is 0.673. The van der Waals surface area contributed by atoms with Crippen molar-refractivity contribution in [3.8, 4) is 0 Å². The summed E-state index contributed by atoms with van der Waals surface area (Å²) in [5.74, 6) is 6.95. The Bertz CT molecular complexity index is 495. The van der Waals surface area contributed by atoms with Crippen molar-refractivity contribution >= 4 is 11.6 Å². The molecule has 2 rings (SSSR count). The summed E-state index contributed by atoms with van der Waals surface area (Å²) in [6, 6.07) is 1.92. The van der Waals surface area contributed by atoms with Gasteiger partial charge in [-0.1, -0.05) is 6.92 Å². The highest BCUT2D eigenvalue weighted by atomic mass is 15.3. The zero-order valence-electron chi connectivity index (χ0n) is 11.0. The molecule has 2 aromatic rings. The first kappa shape index (κ1) is 13.3. The largest absolute Gasteiger partial charge is 0.370 e. The molecule has 2 aromatic heterocycles. The number of nitrogen functional groups attached to an aromatic ring is 1. The van der Waals surface area contributed by atoms with Crippen molar-refractivity contribution in [2.75, 3.05) is 17.3 Å². The first-order valence-electron chi connectivity index (χ1n) is 6.37. The smallest absolute Gasteiger partial charge is 0.148 e. The maximum atomic E-state index is 5.43. The van der Waals surface area contributed by atoms with Crippen LogP contribution in [0.2, 0.25) is 0 Å². The number of hydrogen-bond acceptors (Lipinski definition) is 6. The Morgan fingerprint density at radius 2 is 2.16 bits per heavy atom. The van der Waals surface area contributed by atoms with E-state index in [-0.39, 0.29) is 0 Å². The van der Waals surface area contributed by atoms with E-state index in [0.717, 1.165) is 37.3 Å². The summed E-state index contributed by atoms with van der Waals surface area (Å²) < 4.78 is 1.91. The lowest BCUT2D eigenvalue weighted by Gasteiger charge is -2.12. The van der Waals surface area contributed by atoms with Gasteiger partial charge in [0, 0.05) is 31.0 Å². The lowest BCUT2D eigenvalue weighted by molar-refractivity contribution is 0.591. The van der Waals surface area contributed by atoms with Gasteiger partial charge in [-0.3, -0.25) is 4.68 Å². The number of rotatable bonds is 7. The molecule has 0 spiro atoms. The van der Waals surface area contributed by atoms with E-state index in [2.05, 4.69) is 32.7 Å².